The van der Waals surface area contributed by atoms with Crippen LogP contribution in [0.2, 0.25) is 0 Å². The largest absolute Gasteiger partial charge is 0.507 e. The zero-order valence-electron chi connectivity index (χ0n) is 8.96. The third kappa shape index (κ3) is 2.45. The first-order valence-corrected chi connectivity index (χ1v) is 5.01. The van der Waals surface area contributed by atoms with Gasteiger partial charge in [-0.3, -0.25) is 0 Å². The fraction of sp³-hybridized carbons (Fsp3) is 0.0769. The first kappa shape index (κ1) is 10.4. The molecule has 16 heavy (non-hydrogen) atoms. The number of aromatic hydroxyl groups is 1. The van der Waals surface area contributed by atoms with Crippen molar-refractivity contribution in [1.82, 2.24) is 4.98 Å². The standard InChI is InChI=1S/C13H12N2O/c1-10-5-4-8-13(15-10)14-9-11-6-2-3-7-12(11)16/h2-9,16H,1H3/b14-9+. The lowest BCUT2D eigenvalue weighted by atomic mass is 10.2. The van der Waals surface area contributed by atoms with Gasteiger partial charge in [0.25, 0.3) is 0 Å². The van der Waals surface area contributed by atoms with E-state index in [0.717, 1.165) is 5.69 Å². The van der Waals surface area contributed by atoms with Gasteiger partial charge in [-0.25, -0.2) is 9.98 Å². The minimum atomic E-state index is 0.221. The summed E-state index contributed by atoms with van der Waals surface area (Å²) in [5.41, 5.74) is 1.61. The van der Waals surface area contributed by atoms with E-state index in [1.165, 1.54) is 0 Å². The number of aromatic nitrogens is 1. The Bertz CT molecular complexity index is 521. The Balaban J connectivity index is 2.25. The van der Waals surface area contributed by atoms with Gasteiger partial charge in [-0.1, -0.05) is 18.2 Å². The van der Waals surface area contributed by atoms with Crippen LogP contribution in [0.25, 0.3) is 0 Å². The topological polar surface area (TPSA) is 45.5 Å². The first-order valence-electron chi connectivity index (χ1n) is 5.01. The van der Waals surface area contributed by atoms with Crippen LogP contribution >= 0.6 is 0 Å². The Morgan fingerprint density at radius 2 is 1.94 bits per heavy atom. The molecule has 80 valence electrons. The lowest BCUT2D eigenvalue weighted by molar-refractivity contribution is 0.474. The SMILES string of the molecule is Cc1cccc(/N=C/c2ccccc2O)n1. The van der Waals surface area contributed by atoms with Crippen LogP contribution in [0.5, 0.6) is 5.75 Å². The lowest BCUT2D eigenvalue weighted by Gasteiger charge is -1.97. The van der Waals surface area contributed by atoms with Gasteiger partial charge >= 0.3 is 0 Å². The molecule has 0 bridgehead atoms. The second-order valence-electron chi connectivity index (χ2n) is 3.45. The fourth-order valence-corrected chi connectivity index (χ4v) is 1.33. The molecule has 2 rings (SSSR count). The van der Waals surface area contributed by atoms with Gasteiger partial charge in [-0.2, -0.15) is 0 Å². The van der Waals surface area contributed by atoms with Gasteiger partial charge < -0.3 is 5.11 Å². The molecular weight excluding hydrogens is 200 g/mol. The van der Waals surface area contributed by atoms with E-state index in [4.69, 9.17) is 0 Å². The van der Waals surface area contributed by atoms with E-state index in [0.29, 0.717) is 11.4 Å². The number of para-hydroxylation sites is 1. The summed E-state index contributed by atoms with van der Waals surface area (Å²) in [4.78, 5) is 8.44. The second kappa shape index (κ2) is 4.57. The Hall–Kier alpha value is -2.16. The molecule has 1 heterocycles. The summed E-state index contributed by atoms with van der Waals surface area (Å²) in [7, 11) is 0. The maximum Gasteiger partial charge on any atom is 0.152 e. The van der Waals surface area contributed by atoms with Crippen LogP contribution in [0.1, 0.15) is 11.3 Å². The van der Waals surface area contributed by atoms with Gasteiger partial charge in [0, 0.05) is 17.5 Å². The molecule has 0 fully saturated rings. The maximum atomic E-state index is 9.53. The van der Waals surface area contributed by atoms with Crippen LogP contribution in [0.3, 0.4) is 0 Å². The first-order chi connectivity index (χ1) is 7.75. The Morgan fingerprint density at radius 1 is 1.12 bits per heavy atom. The molecule has 1 aromatic carbocycles. The Kier molecular flexibility index (Phi) is 2.96. The Labute approximate surface area is 94.1 Å². The molecule has 0 saturated heterocycles. The van der Waals surface area contributed by atoms with Crippen molar-refractivity contribution in [1.29, 1.82) is 0 Å². The smallest absolute Gasteiger partial charge is 0.152 e. The molecule has 1 aromatic heterocycles. The maximum absolute atomic E-state index is 9.53. The third-order valence-electron chi connectivity index (χ3n) is 2.15. The van der Waals surface area contributed by atoms with E-state index in [-0.39, 0.29) is 5.75 Å². The molecule has 0 amide bonds. The van der Waals surface area contributed by atoms with Crippen molar-refractivity contribution in [2.24, 2.45) is 4.99 Å². The molecule has 0 aliphatic rings. The number of pyridine rings is 1. The van der Waals surface area contributed by atoms with Crippen molar-refractivity contribution < 1.29 is 5.11 Å². The number of hydrogen-bond acceptors (Lipinski definition) is 3. The molecule has 3 nitrogen and oxygen atoms in total. The molecule has 0 radical (unpaired) electrons. The number of nitrogens with zero attached hydrogens (tertiary/aromatic N) is 2. The molecular formula is C13H12N2O. The highest BCUT2D eigenvalue weighted by atomic mass is 16.3. The summed E-state index contributed by atoms with van der Waals surface area (Å²) in [5.74, 6) is 0.863. The number of aliphatic imine (C=N–C) groups is 1. The average Bonchev–Trinajstić information content (AvgIpc) is 2.28. The highest BCUT2D eigenvalue weighted by Gasteiger charge is 1.95. The minimum absolute atomic E-state index is 0.221. The zero-order chi connectivity index (χ0) is 11.4. The predicted molar refractivity (Wildman–Crippen MR) is 64.3 cm³/mol. The van der Waals surface area contributed by atoms with Crippen molar-refractivity contribution in [2.75, 3.05) is 0 Å². The molecule has 0 unspecified atom stereocenters. The van der Waals surface area contributed by atoms with Gasteiger partial charge in [-0.05, 0) is 31.2 Å². The van der Waals surface area contributed by atoms with E-state index < -0.39 is 0 Å². The predicted octanol–water partition coefficient (Wildman–Crippen LogP) is 2.85. The number of phenolic OH excluding ortho intramolecular Hbond substituents is 1. The van der Waals surface area contributed by atoms with Crippen LogP contribution < -0.4 is 0 Å². The van der Waals surface area contributed by atoms with Crippen molar-refractivity contribution in [2.45, 2.75) is 6.92 Å². The highest BCUT2D eigenvalue weighted by Crippen LogP contribution is 2.14. The number of hydrogen-bond donors (Lipinski definition) is 1. The van der Waals surface area contributed by atoms with Crippen LogP contribution in [0, 0.1) is 6.92 Å². The second-order valence-corrected chi connectivity index (χ2v) is 3.45. The molecule has 0 aliphatic carbocycles. The van der Waals surface area contributed by atoms with E-state index >= 15 is 0 Å². The summed E-state index contributed by atoms with van der Waals surface area (Å²) < 4.78 is 0. The fourth-order valence-electron chi connectivity index (χ4n) is 1.33. The average molecular weight is 212 g/mol. The molecule has 3 heteroatoms. The van der Waals surface area contributed by atoms with E-state index in [9.17, 15) is 5.11 Å². The summed E-state index contributed by atoms with van der Waals surface area (Å²) in [6.45, 7) is 1.92. The summed E-state index contributed by atoms with van der Waals surface area (Å²) in [6.07, 6.45) is 1.61. The number of rotatable bonds is 2. The summed E-state index contributed by atoms with van der Waals surface area (Å²) in [6, 6.07) is 12.7. The van der Waals surface area contributed by atoms with Crippen LogP contribution in [0.4, 0.5) is 5.82 Å². The van der Waals surface area contributed by atoms with Gasteiger partial charge in [0.05, 0.1) is 0 Å². The van der Waals surface area contributed by atoms with E-state index in [2.05, 4.69) is 9.98 Å². The van der Waals surface area contributed by atoms with Crippen molar-refractivity contribution >= 4 is 12.0 Å². The number of aryl methyl sites for hydroxylation is 1. The van der Waals surface area contributed by atoms with Crippen molar-refractivity contribution in [3.63, 3.8) is 0 Å². The highest BCUT2D eigenvalue weighted by molar-refractivity contribution is 5.84. The van der Waals surface area contributed by atoms with Crippen LogP contribution in [-0.4, -0.2) is 16.3 Å². The summed E-state index contributed by atoms with van der Waals surface area (Å²) >= 11 is 0. The number of benzene rings is 1. The normalized spacial score (nSPS) is 10.8. The summed E-state index contributed by atoms with van der Waals surface area (Å²) in [5, 5.41) is 9.53. The minimum Gasteiger partial charge on any atom is -0.507 e. The molecule has 2 aromatic rings. The van der Waals surface area contributed by atoms with Crippen molar-refractivity contribution in [3.05, 3.63) is 53.7 Å². The monoisotopic (exact) mass is 212 g/mol. The quantitative estimate of drug-likeness (QED) is 0.778. The van der Waals surface area contributed by atoms with Gasteiger partial charge in [0.1, 0.15) is 5.75 Å². The molecule has 0 atom stereocenters. The molecule has 1 N–H and O–H groups in total. The molecule has 0 saturated carbocycles. The molecule has 0 spiro atoms. The number of phenols is 1. The van der Waals surface area contributed by atoms with Crippen LogP contribution in [-0.2, 0) is 0 Å². The van der Waals surface area contributed by atoms with Gasteiger partial charge in [0.15, 0.2) is 5.82 Å². The molecule has 0 aliphatic heterocycles. The van der Waals surface area contributed by atoms with E-state index in [1.54, 1.807) is 24.4 Å². The van der Waals surface area contributed by atoms with E-state index in [1.807, 2.05) is 31.2 Å². The third-order valence-corrected chi connectivity index (χ3v) is 2.15. The van der Waals surface area contributed by atoms with Crippen molar-refractivity contribution in [3.8, 4) is 5.75 Å². The van der Waals surface area contributed by atoms with Gasteiger partial charge in [0.2, 0.25) is 0 Å². The van der Waals surface area contributed by atoms with Crippen LogP contribution in [0.15, 0.2) is 47.5 Å². The lowest BCUT2D eigenvalue weighted by Crippen LogP contribution is -1.83. The van der Waals surface area contributed by atoms with Gasteiger partial charge in [-0.15, -0.1) is 0 Å². The zero-order valence-corrected chi connectivity index (χ0v) is 8.96. The Morgan fingerprint density at radius 3 is 2.69 bits per heavy atom.